The Morgan fingerprint density at radius 3 is 3.10 bits per heavy atom. The van der Waals surface area contributed by atoms with Crippen LogP contribution < -0.4 is 5.32 Å². The molecule has 4 nitrogen and oxygen atoms in total. The third kappa shape index (κ3) is 2.54. The molecule has 1 saturated heterocycles. The van der Waals surface area contributed by atoms with Gasteiger partial charge in [-0.3, -0.25) is 4.79 Å². The molecular formula is C16H19ClN2O2. The zero-order chi connectivity index (χ0) is 15.0. The largest absolute Gasteiger partial charge is 0.451 e. The number of furan rings is 1. The van der Waals surface area contributed by atoms with Crippen LogP contribution in [0.15, 0.2) is 22.6 Å². The van der Waals surface area contributed by atoms with Crippen LogP contribution in [0.1, 0.15) is 29.0 Å². The zero-order valence-electron chi connectivity index (χ0n) is 12.3. The van der Waals surface area contributed by atoms with Crippen molar-refractivity contribution < 1.29 is 9.21 Å². The average Bonchev–Trinajstić information content (AvgIpc) is 3.04. The highest BCUT2D eigenvalue weighted by molar-refractivity contribution is 6.31. The molecule has 1 aromatic carbocycles. The Morgan fingerprint density at radius 2 is 2.33 bits per heavy atom. The number of likely N-dealkylation sites (N-methyl/N-ethyl adjacent to an activating group) is 1. The summed E-state index contributed by atoms with van der Waals surface area (Å²) in [5, 5.41) is 4.72. The summed E-state index contributed by atoms with van der Waals surface area (Å²) in [6.07, 6.45) is 2.08. The van der Waals surface area contributed by atoms with Gasteiger partial charge in [-0.05, 0) is 45.0 Å². The second kappa shape index (κ2) is 5.70. The summed E-state index contributed by atoms with van der Waals surface area (Å²) in [6, 6.07) is 5.69. The van der Waals surface area contributed by atoms with Gasteiger partial charge in [0.2, 0.25) is 0 Å². The van der Waals surface area contributed by atoms with E-state index in [0.29, 0.717) is 16.4 Å². The van der Waals surface area contributed by atoms with Crippen LogP contribution in [-0.2, 0) is 0 Å². The summed E-state index contributed by atoms with van der Waals surface area (Å²) in [4.78, 5) is 14.7. The van der Waals surface area contributed by atoms with Crippen LogP contribution in [0.5, 0.6) is 0 Å². The molecule has 1 aromatic heterocycles. The lowest BCUT2D eigenvalue weighted by molar-refractivity contribution is 0.0706. The predicted molar refractivity (Wildman–Crippen MR) is 83.9 cm³/mol. The van der Waals surface area contributed by atoms with E-state index in [1.54, 1.807) is 6.07 Å². The zero-order valence-corrected chi connectivity index (χ0v) is 13.0. The molecule has 112 valence electrons. The van der Waals surface area contributed by atoms with Crippen LogP contribution >= 0.6 is 11.6 Å². The summed E-state index contributed by atoms with van der Waals surface area (Å²) in [6.45, 7) is 3.53. The number of likely N-dealkylation sites (tertiary alicyclic amines) is 1. The van der Waals surface area contributed by atoms with Gasteiger partial charge in [0.1, 0.15) is 5.58 Å². The number of nitrogens with zero attached hydrogens (tertiary/aromatic N) is 1. The summed E-state index contributed by atoms with van der Waals surface area (Å²) in [5.41, 5.74) is 1.58. The van der Waals surface area contributed by atoms with E-state index >= 15 is 0 Å². The molecule has 0 radical (unpaired) electrons. The topological polar surface area (TPSA) is 45.5 Å². The molecule has 0 saturated carbocycles. The van der Waals surface area contributed by atoms with Crippen LogP contribution in [0.2, 0.25) is 5.02 Å². The third-order valence-electron chi connectivity index (χ3n) is 4.17. The molecule has 0 spiro atoms. The fourth-order valence-corrected chi connectivity index (χ4v) is 3.25. The van der Waals surface area contributed by atoms with E-state index in [4.69, 9.17) is 16.0 Å². The van der Waals surface area contributed by atoms with Gasteiger partial charge in [-0.25, -0.2) is 0 Å². The molecule has 1 aliphatic heterocycles. The van der Waals surface area contributed by atoms with Gasteiger partial charge in [0, 0.05) is 35.1 Å². The van der Waals surface area contributed by atoms with Gasteiger partial charge in [-0.15, -0.1) is 0 Å². The first-order valence-electron chi connectivity index (χ1n) is 7.26. The molecular weight excluding hydrogens is 288 g/mol. The molecule has 1 N–H and O–H groups in total. The minimum Gasteiger partial charge on any atom is -0.451 e. The Morgan fingerprint density at radius 1 is 1.52 bits per heavy atom. The third-order valence-corrected chi connectivity index (χ3v) is 4.41. The lowest BCUT2D eigenvalue weighted by atomic mass is 10.1. The first-order chi connectivity index (χ1) is 10.1. The Hall–Kier alpha value is -1.52. The normalized spacial score (nSPS) is 18.6. The molecule has 1 fully saturated rings. The molecule has 2 heterocycles. The molecule has 1 atom stereocenters. The van der Waals surface area contributed by atoms with E-state index in [9.17, 15) is 4.79 Å². The van der Waals surface area contributed by atoms with E-state index in [1.165, 1.54) is 0 Å². The van der Waals surface area contributed by atoms with Crippen molar-refractivity contribution in [1.82, 2.24) is 10.2 Å². The minimum absolute atomic E-state index is 0.0161. The summed E-state index contributed by atoms with van der Waals surface area (Å²) >= 11 is 6.03. The van der Waals surface area contributed by atoms with Crippen molar-refractivity contribution in [2.75, 3.05) is 20.1 Å². The van der Waals surface area contributed by atoms with Crippen molar-refractivity contribution in [3.05, 3.63) is 34.5 Å². The number of aryl methyl sites for hydroxylation is 1. The van der Waals surface area contributed by atoms with Crippen molar-refractivity contribution in [3.8, 4) is 0 Å². The van der Waals surface area contributed by atoms with Crippen molar-refractivity contribution in [1.29, 1.82) is 0 Å². The molecule has 0 bridgehead atoms. The second-order valence-corrected chi connectivity index (χ2v) is 5.99. The minimum atomic E-state index is -0.0161. The molecule has 2 aromatic rings. The van der Waals surface area contributed by atoms with Crippen LogP contribution in [0.4, 0.5) is 0 Å². The molecule has 3 rings (SSSR count). The molecule has 21 heavy (non-hydrogen) atoms. The molecule has 5 heteroatoms. The number of nitrogens with one attached hydrogen (secondary N) is 1. The molecule has 0 aliphatic carbocycles. The van der Waals surface area contributed by atoms with Crippen LogP contribution in [0.25, 0.3) is 11.0 Å². The van der Waals surface area contributed by atoms with E-state index < -0.39 is 0 Å². The average molecular weight is 307 g/mol. The summed E-state index contributed by atoms with van der Waals surface area (Å²) in [5.74, 6) is 0.424. The van der Waals surface area contributed by atoms with Gasteiger partial charge in [-0.1, -0.05) is 11.6 Å². The number of hydrogen-bond acceptors (Lipinski definition) is 3. The number of carbonyl (C=O) groups is 1. The van der Waals surface area contributed by atoms with Crippen LogP contribution in [-0.4, -0.2) is 37.0 Å². The van der Waals surface area contributed by atoms with Crippen molar-refractivity contribution in [3.63, 3.8) is 0 Å². The summed E-state index contributed by atoms with van der Waals surface area (Å²) in [7, 11) is 1.91. The monoisotopic (exact) mass is 306 g/mol. The highest BCUT2D eigenvalue weighted by atomic mass is 35.5. The lowest BCUT2D eigenvalue weighted by Gasteiger charge is -2.23. The lowest BCUT2D eigenvalue weighted by Crippen LogP contribution is -2.40. The van der Waals surface area contributed by atoms with Crippen LogP contribution in [0, 0.1) is 6.92 Å². The molecule has 1 unspecified atom stereocenters. The number of amides is 1. The Bertz CT molecular complexity index is 680. The second-order valence-electron chi connectivity index (χ2n) is 5.55. The Balaban J connectivity index is 1.96. The highest BCUT2D eigenvalue weighted by Crippen LogP contribution is 2.30. The summed E-state index contributed by atoms with van der Waals surface area (Å²) < 4.78 is 5.78. The Labute approximate surface area is 129 Å². The highest BCUT2D eigenvalue weighted by Gasteiger charge is 2.31. The van der Waals surface area contributed by atoms with E-state index in [0.717, 1.165) is 36.9 Å². The smallest absolute Gasteiger partial charge is 0.290 e. The maximum Gasteiger partial charge on any atom is 0.290 e. The van der Waals surface area contributed by atoms with E-state index in [-0.39, 0.29) is 11.9 Å². The molecule has 1 aliphatic rings. The first-order valence-corrected chi connectivity index (χ1v) is 7.64. The maximum absolute atomic E-state index is 12.8. The standard InChI is InChI=1S/C16H19ClN2O2/c1-10-13-8-11(17)5-6-14(13)21-15(10)16(20)19-7-3-4-12(19)9-18-2/h5-6,8,12,18H,3-4,7,9H2,1-2H3. The number of benzene rings is 1. The van der Waals surface area contributed by atoms with Gasteiger partial charge in [0.05, 0.1) is 0 Å². The number of halogens is 1. The van der Waals surface area contributed by atoms with E-state index in [1.807, 2.05) is 31.0 Å². The van der Waals surface area contributed by atoms with Gasteiger partial charge >= 0.3 is 0 Å². The Kier molecular flexibility index (Phi) is 3.91. The predicted octanol–water partition coefficient (Wildman–Crippen LogP) is 3.22. The van der Waals surface area contributed by atoms with Crippen molar-refractivity contribution in [2.24, 2.45) is 0 Å². The fourth-order valence-electron chi connectivity index (χ4n) is 3.08. The quantitative estimate of drug-likeness (QED) is 0.947. The molecule has 1 amide bonds. The SMILES string of the molecule is CNCC1CCCN1C(=O)c1oc2ccc(Cl)cc2c1C. The van der Waals surface area contributed by atoms with Gasteiger partial charge in [0.15, 0.2) is 5.76 Å². The number of fused-ring (bicyclic) bond motifs is 1. The maximum atomic E-state index is 12.8. The van der Waals surface area contributed by atoms with E-state index in [2.05, 4.69) is 5.32 Å². The number of hydrogen-bond donors (Lipinski definition) is 1. The van der Waals surface area contributed by atoms with Gasteiger partial charge in [0.25, 0.3) is 5.91 Å². The van der Waals surface area contributed by atoms with Crippen molar-refractivity contribution in [2.45, 2.75) is 25.8 Å². The van der Waals surface area contributed by atoms with Crippen molar-refractivity contribution >= 4 is 28.5 Å². The fraction of sp³-hybridized carbons (Fsp3) is 0.438. The first kappa shape index (κ1) is 14.4. The van der Waals surface area contributed by atoms with Gasteiger partial charge in [-0.2, -0.15) is 0 Å². The number of carbonyl (C=O) groups excluding carboxylic acids is 1. The number of rotatable bonds is 3. The van der Waals surface area contributed by atoms with Gasteiger partial charge < -0.3 is 14.6 Å². The van der Waals surface area contributed by atoms with Crippen LogP contribution in [0.3, 0.4) is 0 Å².